The second-order valence-corrected chi connectivity index (χ2v) is 3.93. The predicted molar refractivity (Wildman–Crippen MR) is 65.1 cm³/mol. The monoisotopic (exact) mass is 250 g/mol. The van der Waals surface area contributed by atoms with Gasteiger partial charge in [-0.3, -0.25) is 0 Å². The first kappa shape index (κ1) is 16.8. The van der Waals surface area contributed by atoms with Gasteiger partial charge in [-0.15, -0.1) is 0 Å². The fourth-order valence-corrected chi connectivity index (χ4v) is 1.22. The van der Waals surface area contributed by atoms with Crippen LogP contribution in [0.4, 0.5) is 0 Å². The molecule has 0 atom stereocenters. The maximum Gasteiger partial charge on any atom is 0.0874 e. The minimum Gasteiger partial charge on any atom is -0.394 e. The average molecular weight is 250 g/mol. The summed E-state index contributed by atoms with van der Waals surface area (Å²) in [5.41, 5.74) is -0.704. The highest BCUT2D eigenvalue weighted by atomic mass is 16.5. The van der Waals surface area contributed by atoms with Crippen molar-refractivity contribution in [2.45, 2.75) is 32.3 Å². The van der Waals surface area contributed by atoms with Gasteiger partial charge in [0, 0.05) is 0 Å². The molecule has 0 heterocycles. The molecule has 5 heteroatoms. The fraction of sp³-hybridized carbons (Fsp3) is 1.00. The summed E-state index contributed by atoms with van der Waals surface area (Å²) in [4.78, 5) is 0. The third kappa shape index (κ3) is 9.50. The Hall–Kier alpha value is -0.200. The van der Waals surface area contributed by atoms with E-state index in [4.69, 9.17) is 19.3 Å². The van der Waals surface area contributed by atoms with Crippen molar-refractivity contribution in [2.75, 3.05) is 46.2 Å². The number of aliphatic hydroxyl groups excluding tert-OH is 1. The summed E-state index contributed by atoms with van der Waals surface area (Å²) in [6.45, 7) is 6.57. The van der Waals surface area contributed by atoms with Crippen LogP contribution in [0.2, 0.25) is 0 Å². The van der Waals surface area contributed by atoms with E-state index >= 15 is 0 Å². The van der Waals surface area contributed by atoms with E-state index in [1.54, 1.807) is 0 Å². The van der Waals surface area contributed by atoms with Gasteiger partial charge >= 0.3 is 0 Å². The highest BCUT2D eigenvalue weighted by molar-refractivity contribution is 4.73. The summed E-state index contributed by atoms with van der Waals surface area (Å²) in [5, 5.41) is 18.4. The molecule has 17 heavy (non-hydrogen) atoms. The first-order valence-corrected chi connectivity index (χ1v) is 6.25. The van der Waals surface area contributed by atoms with Gasteiger partial charge in [0.05, 0.1) is 51.8 Å². The highest BCUT2D eigenvalue weighted by Crippen LogP contribution is 2.14. The van der Waals surface area contributed by atoms with Gasteiger partial charge < -0.3 is 24.4 Å². The Morgan fingerprint density at radius 1 is 0.824 bits per heavy atom. The lowest BCUT2D eigenvalue weighted by molar-refractivity contribution is -0.0651. The number of hydrogen-bond acceptors (Lipinski definition) is 5. The van der Waals surface area contributed by atoms with Crippen LogP contribution in [-0.2, 0) is 14.2 Å². The molecule has 0 fully saturated rings. The van der Waals surface area contributed by atoms with E-state index in [0.717, 1.165) is 0 Å². The molecule has 0 unspecified atom stereocenters. The van der Waals surface area contributed by atoms with Gasteiger partial charge in [0.2, 0.25) is 0 Å². The zero-order valence-corrected chi connectivity index (χ0v) is 11.0. The van der Waals surface area contributed by atoms with Crippen LogP contribution in [0.5, 0.6) is 0 Å². The van der Waals surface area contributed by atoms with Crippen molar-refractivity contribution in [3.8, 4) is 0 Å². The first-order chi connectivity index (χ1) is 8.18. The molecule has 0 aliphatic carbocycles. The van der Waals surface area contributed by atoms with E-state index in [2.05, 4.69) is 0 Å². The van der Waals surface area contributed by atoms with Gasteiger partial charge in [-0.25, -0.2) is 0 Å². The molecule has 0 amide bonds. The molecule has 0 saturated heterocycles. The van der Waals surface area contributed by atoms with Gasteiger partial charge in [0.25, 0.3) is 0 Å². The molecule has 0 aromatic carbocycles. The number of aliphatic hydroxyl groups is 2. The molecule has 104 valence electrons. The van der Waals surface area contributed by atoms with Gasteiger partial charge in [0.1, 0.15) is 0 Å². The molecule has 0 aromatic rings. The van der Waals surface area contributed by atoms with Crippen molar-refractivity contribution in [1.29, 1.82) is 0 Å². The lowest BCUT2D eigenvalue weighted by Gasteiger charge is -2.24. The highest BCUT2D eigenvalue weighted by Gasteiger charge is 2.21. The summed E-state index contributed by atoms with van der Waals surface area (Å²) in [6, 6.07) is 0. The van der Waals surface area contributed by atoms with Gasteiger partial charge in [-0.2, -0.15) is 0 Å². The third-order valence-electron chi connectivity index (χ3n) is 2.67. The van der Waals surface area contributed by atoms with Gasteiger partial charge in [-0.1, -0.05) is 13.8 Å². The standard InChI is InChI=1S/C12H26O5/c1-3-12(14,4-2)11-17-10-9-16-8-7-15-6-5-13/h13-14H,3-11H2,1-2H3. The topological polar surface area (TPSA) is 68.2 Å². The Morgan fingerprint density at radius 2 is 1.29 bits per heavy atom. The molecular formula is C12H26O5. The van der Waals surface area contributed by atoms with Crippen molar-refractivity contribution >= 4 is 0 Å². The third-order valence-corrected chi connectivity index (χ3v) is 2.67. The van der Waals surface area contributed by atoms with E-state index in [9.17, 15) is 5.11 Å². The Labute approximate surface area is 104 Å². The van der Waals surface area contributed by atoms with E-state index in [0.29, 0.717) is 52.5 Å². The van der Waals surface area contributed by atoms with Gasteiger partial charge in [-0.05, 0) is 12.8 Å². The largest absolute Gasteiger partial charge is 0.394 e. The lowest BCUT2D eigenvalue weighted by atomic mass is 9.99. The second-order valence-electron chi connectivity index (χ2n) is 3.93. The van der Waals surface area contributed by atoms with Crippen LogP contribution in [-0.4, -0.2) is 62.1 Å². The van der Waals surface area contributed by atoms with Crippen LogP contribution in [0.3, 0.4) is 0 Å². The summed E-state index contributed by atoms with van der Waals surface area (Å²) in [7, 11) is 0. The average Bonchev–Trinajstić information content (AvgIpc) is 2.36. The number of ether oxygens (including phenoxy) is 3. The van der Waals surface area contributed by atoms with E-state index in [1.165, 1.54) is 0 Å². The predicted octanol–water partition coefficient (Wildman–Crippen LogP) is 0.580. The van der Waals surface area contributed by atoms with Crippen LogP contribution in [0.15, 0.2) is 0 Å². The molecule has 0 bridgehead atoms. The second kappa shape index (κ2) is 10.9. The molecule has 0 saturated carbocycles. The van der Waals surface area contributed by atoms with Crippen LogP contribution in [0, 0.1) is 0 Å². The Kier molecular flexibility index (Phi) is 10.8. The van der Waals surface area contributed by atoms with Crippen molar-refractivity contribution in [3.05, 3.63) is 0 Å². The van der Waals surface area contributed by atoms with E-state index in [-0.39, 0.29) is 6.61 Å². The van der Waals surface area contributed by atoms with Crippen molar-refractivity contribution < 1.29 is 24.4 Å². The normalized spacial score (nSPS) is 12.0. The molecule has 0 aromatic heterocycles. The summed E-state index contributed by atoms with van der Waals surface area (Å²) >= 11 is 0. The SMILES string of the molecule is CCC(O)(CC)COCCOCCOCCO. The Bertz CT molecular complexity index is 159. The van der Waals surface area contributed by atoms with Crippen LogP contribution < -0.4 is 0 Å². The quantitative estimate of drug-likeness (QED) is 0.496. The molecule has 0 spiro atoms. The van der Waals surface area contributed by atoms with E-state index < -0.39 is 5.60 Å². The maximum absolute atomic E-state index is 9.92. The number of hydrogen-bond donors (Lipinski definition) is 2. The molecule has 2 N–H and O–H groups in total. The van der Waals surface area contributed by atoms with Crippen molar-refractivity contribution in [2.24, 2.45) is 0 Å². The number of rotatable bonds is 12. The van der Waals surface area contributed by atoms with Crippen LogP contribution in [0.25, 0.3) is 0 Å². The van der Waals surface area contributed by atoms with Crippen LogP contribution >= 0.6 is 0 Å². The molecular weight excluding hydrogens is 224 g/mol. The summed E-state index contributed by atoms with van der Waals surface area (Å²) in [5.74, 6) is 0. The molecule has 0 aliphatic rings. The lowest BCUT2D eigenvalue weighted by Crippen LogP contribution is -2.33. The van der Waals surface area contributed by atoms with Crippen molar-refractivity contribution in [3.63, 3.8) is 0 Å². The smallest absolute Gasteiger partial charge is 0.0874 e. The fourth-order valence-electron chi connectivity index (χ4n) is 1.22. The molecule has 5 nitrogen and oxygen atoms in total. The zero-order chi connectivity index (χ0) is 13.0. The maximum atomic E-state index is 9.92. The summed E-state index contributed by atoms with van der Waals surface area (Å²) < 4.78 is 15.6. The Balaban J connectivity index is 3.23. The van der Waals surface area contributed by atoms with E-state index in [1.807, 2.05) is 13.8 Å². The minimum absolute atomic E-state index is 0.0374. The molecule has 0 radical (unpaired) electrons. The summed E-state index contributed by atoms with van der Waals surface area (Å²) in [6.07, 6.45) is 1.39. The molecule has 0 aliphatic heterocycles. The van der Waals surface area contributed by atoms with Crippen LogP contribution in [0.1, 0.15) is 26.7 Å². The van der Waals surface area contributed by atoms with Crippen molar-refractivity contribution in [1.82, 2.24) is 0 Å². The zero-order valence-electron chi connectivity index (χ0n) is 11.0. The first-order valence-electron chi connectivity index (χ1n) is 6.25. The van der Waals surface area contributed by atoms with Gasteiger partial charge in [0.15, 0.2) is 0 Å². The molecule has 0 rings (SSSR count). The minimum atomic E-state index is -0.704. The Morgan fingerprint density at radius 3 is 1.76 bits per heavy atom.